The molecule has 0 atom stereocenters. The lowest BCUT2D eigenvalue weighted by atomic mass is 10.2. The van der Waals surface area contributed by atoms with E-state index in [1.807, 2.05) is 0 Å². The number of hydrogen-bond donors (Lipinski definition) is 1. The predicted octanol–water partition coefficient (Wildman–Crippen LogP) is 2.52. The molecule has 0 radical (unpaired) electrons. The first-order chi connectivity index (χ1) is 9.51. The van der Waals surface area contributed by atoms with E-state index < -0.39 is 28.0 Å². The second-order valence-corrected chi connectivity index (χ2v) is 3.83. The molecule has 6 nitrogen and oxygen atoms in total. The first-order valence-electron chi connectivity index (χ1n) is 5.46. The number of pyridine rings is 1. The molecule has 2 aromatic rings. The summed E-state index contributed by atoms with van der Waals surface area (Å²) in [5.74, 6) is -2.55. The van der Waals surface area contributed by atoms with Crippen LogP contribution in [0.4, 0.5) is 14.5 Å². The van der Waals surface area contributed by atoms with Gasteiger partial charge in [0.25, 0.3) is 0 Å². The molecule has 0 saturated carbocycles. The topological polar surface area (TPSA) is 91.3 Å². The van der Waals surface area contributed by atoms with Crippen molar-refractivity contribution in [2.24, 2.45) is 5.73 Å². The number of hydrogen-bond acceptors (Lipinski definition) is 5. The molecule has 2 rings (SSSR count). The molecule has 0 aliphatic heterocycles. The molecular formula is C12H9F2N3O3. The molecule has 0 saturated heterocycles. The zero-order chi connectivity index (χ0) is 14.7. The minimum Gasteiger partial charge on any atom is -0.453 e. The number of nitro benzene ring substituents is 1. The van der Waals surface area contributed by atoms with Crippen molar-refractivity contribution in [1.82, 2.24) is 4.98 Å². The van der Waals surface area contributed by atoms with Gasteiger partial charge in [0.2, 0.25) is 5.82 Å². The van der Waals surface area contributed by atoms with Crippen LogP contribution in [0.2, 0.25) is 0 Å². The van der Waals surface area contributed by atoms with Gasteiger partial charge in [-0.1, -0.05) is 0 Å². The van der Waals surface area contributed by atoms with E-state index in [1.54, 1.807) is 0 Å². The van der Waals surface area contributed by atoms with Crippen LogP contribution in [0.3, 0.4) is 0 Å². The van der Waals surface area contributed by atoms with Crippen LogP contribution in [0.15, 0.2) is 30.6 Å². The first-order valence-corrected chi connectivity index (χ1v) is 5.46. The maximum absolute atomic E-state index is 13.6. The zero-order valence-electron chi connectivity index (χ0n) is 10.0. The minimum absolute atomic E-state index is 0.153. The standard InChI is InChI=1S/C12H9F2N3O3/c13-9-3-12(10(14)2-11(9)17(18)19)20-8-1-7(4-15)5-16-6-8/h1-3,5-6H,4,15H2. The molecule has 0 aliphatic rings. The highest BCUT2D eigenvalue weighted by Gasteiger charge is 2.19. The summed E-state index contributed by atoms with van der Waals surface area (Å²) in [7, 11) is 0. The first kappa shape index (κ1) is 13.8. The van der Waals surface area contributed by atoms with Crippen LogP contribution in [-0.4, -0.2) is 9.91 Å². The normalized spacial score (nSPS) is 10.3. The van der Waals surface area contributed by atoms with Crippen molar-refractivity contribution in [2.75, 3.05) is 0 Å². The van der Waals surface area contributed by atoms with Gasteiger partial charge >= 0.3 is 5.69 Å². The van der Waals surface area contributed by atoms with E-state index >= 15 is 0 Å². The third kappa shape index (κ3) is 2.86. The molecule has 0 amide bonds. The molecule has 0 aliphatic carbocycles. The fourth-order valence-electron chi connectivity index (χ4n) is 1.49. The van der Waals surface area contributed by atoms with E-state index in [0.717, 1.165) is 0 Å². The third-order valence-electron chi connectivity index (χ3n) is 2.43. The van der Waals surface area contributed by atoms with E-state index in [4.69, 9.17) is 10.5 Å². The number of nitrogens with two attached hydrogens (primary N) is 1. The summed E-state index contributed by atoms with van der Waals surface area (Å²) >= 11 is 0. The lowest BCUT2D eigenvalue weighted by Crippen LogP contribution is -1.99. The Bertz CT molecular complexity index is 664. The smallest absolute Gasteiger partial charge is 0.307 e. The van der Waals surface area contributed by atoms with Gasteiger partial charge in [0.05, 0.1) is 17.2 Å². The van der Waals surface area contributed by atoms with Gasteiger partial charge < -0.3 is 10.5 Å². The number of rotatable bonds is 4. The number of ether oxygens (including phenoxy) is 1. The lowest BCUT2D eigenvalue weighted by Gasteiger charge is -2.07. The maximum atomic E-state index is 13.6. The van der Waals surface area contributed by atoms with Gasteiger partial charge in [-0.2, -0.15) is 4.39 Å². The summed E-state index contributed by atoms with van der Waals surface area (Å²) in [6.07, 6.45) is 2.79. The van der Waals surface area contributed by atoms with Crippen LogP contribution in [0.1, 0.15) is 5.56 Å². The number of nitro groups is 1. The van der Waals surface area contributed by atoms with E-state index in [1.165, 1.54) is 18.5 Å². The SMILES string of the molecule is NCc1cncc(Oc2cc(F)c([N+](=O)[O-])cc2F)c1. The second kappa shape index (κ2) is 5.57. The second-order valence-electron chi connectivity index (χ2n) is 3.83. The Morgan fingerprint density at radius 3 is 2.65 bits per heavy atom. The molecule has 0 unspecified atom stereocenters. The van der Waals surface area contributed by atoms with Crippen molar-refractivity contribution in [3.05, 3.63) is 57.9 Å². The van der Waals surface area contributed by atoms with Crippen molar-refractivity contribution in [1.29, 1.82) is 0 Å². The van der Waals surface area contributed by atoms with Gasteiger partial charge in [0, 0.05) is 18.8 Å². The highest BCUT2D eigenvalue weighted by atomic mass is 19.1. The molecule has 1 aromatic heterocycles. The zero-order valence-corrected chi connectivity index (χ0v) is 10.0. The Kier molecular flexibility index (Phi) is 3.85. The van der Waals surface area contributed by atoms with Crippen molar-refractivity contribution in [3.8, 4) is 11.5 Å². The average molecular weight is 281 g/mol. The Morgan fingerprint density at radius 1 is 1.25 bits per heavy atom. The molecule has 0 fully saturated rings. The number of nitrogens with zero attached hydrogens (tertiary/aromatic N) is 2. The maximum Gasteiger partial charge on any atom is 0.307 e. The summed E-state index contributed by atoms with van der Waals surface area (Å²) in [5, 5.41) is 10.5. The van der Waals surface area contributed by atoms with Gasteiger partial charge in [-0.25, -0.2) is 4.39 Å². The summed E-state index contributed by atoms with van der Waals surface area (Å²) in [5.41, 5.74) is 5.10. The predicted molar refractivity (Wildman–Crippen MR) is 65.2 cm³/mol. The van der Waals surface area contributed by atoms with Gasteiger partial charge in [0.1, 0.15) is 5.75 Å². The monoisotopic (exact) mass is 281 g/mol. The van der Waals surface area contributed by atoms with Crippen LogP contribution >= 0.6 is 0 Å². The van der Waals surface area contributed by atoms with E-state index in [0.29, 0.717) is 17.7 Å². The summed E-state index contributed by atoms with van der Waals surface area (Å²) in [6, 6.07) is 2.58. The van der Waals surface area contributed by atoms with E-state index in [2.05, 4.69) is 4.98 Å². The van der Waals surface area contributed by atoms with Gasteiger partial charge in [0.15, 0.2) is 11.6 Å². The van der Waals surface area contributed by atoms with Crippen LogP contribution < -0.4 is 10.5 Å². The molecule has 2 N–H and O–H groups in total. The summed E-state index contributed by atoms with van der Waals surface area (Å²) in [4.78, 5) is 13.3. The lowest BCUT2D eigenvalue weighted by molar-refractivity contribution is -0.387. The molecule has 1 heterocycles. The van der Waals surface area contributed by atoms with Crippen molar-refractivity contribution >= 4 is 5.69 Å². The van der Waals surface area contributed by atoms with Crippen LogP contribution in [0.25, 0.3) is 0 Å². The van der Waals surface area contributed by atoms with Crippen molar-refractivity contribution in [2.45, 2.75) is 6.54 Å². The van der Waals surface area contributed by atoms with Gasteiger partial charge in [-0.15, -0.1) is 0 Å². The molecular weight excluding hydrogens is 272 g/mol. The Hall–Kier alpha value is -2.61. The van der Waals surface area contributed by atoms with Crippen LogP contribution in [0, 0.1) is 21.7 Å². The third-order valence-corrected chi connectivity index (χ3v) is 2.43. The molecule has 1 aromatic carbocycles. The molecule has 20 heavy (non-hydrogen) atoms. The Balaban J connectivity index is 2.34. The number of aromatic nitrogens is 1. The number of benzene rings is 1. The van der Waals surface area contributed by atoms with Crippen molar-refractivity contribution < 1.29 is 18.4 Å². The van der Waals surface area contributed by atoms with E-state index in [9.17, 15) is 18.9 Å². The van der Waals surface area contributed by atoms with Crippen LogP contribution in [0.5, 0.6) is 11.5 Å². The molecule has 104 valence electrons. The summed E-state index contributed by atoms with van der Waals surface area (Å²) in [6.45, 7) is 0.210. The van der Waals surface area contributed by atoms with Gasteiger partial charge in [-0.3, -0.25) is 15.1 Å². The van der Waals surface area contributed by atoms with Gasteiger partial charge in [-0.05, 0) is 11.6 Å². The fraction of sp³-hybridized carbons (Fsp3) is 0.0833. The quantitative estimate of drug-likeness (QED) is 0.686. The average Bonchev–Trinajstić information content (AvgIpc) is 2.42. The minimum atomic E-state index is -1.19. The molecule has 8 heteroatoms. The fourth-order valence-corrected chi connectivity index (χ4v) is 1.49. The molecule has 0 bridgehead atoms. The largest absolute Gasteiger partial charge is 0.453 e. The van der Waals surface area contributed by atoms with Crippen molar-refractivity contribution in [3.63, 3.8) is 0 Å². The summed E-state index contributed by atoms with van der Waals surface area (Å²) < 4.78 is 32.1. The van der Waals surface area contributed by atoms with E-state index in [-0.39, 0.29) is 12.3 Å². The molecule has 0 spiro atoms. The Morgan fingerprint density at radius 2 is 2.00 bits per heavy atom. The van der Waals surface area contributed by atoms with Crippen LogP contribution in [-0.2, 0) is 6.54 Å². The Labute approximate surface area is 112 Å². The highest BCUT2D eigenvalue weighted by Crippen LogP contribution is 2.29. The highest BCUT2D eigenvalue weighted by molar-refractivity contribution is 5.41. The number of halogens is 2.